The Bertz CT molecular complexity index is 656. The second kappa shape index (κ2) is 4.06. The highest BCUT2D eigenvalue weighted by atomic mass is 15.4. The molecule has 1 unspecified atom stereocenters. The number of hydrogen-bond donors (Lipinski definition) is 2. The molecule has 0 aromatic carbocycles. The Kier molecular flexibility index (Phi) is 2.40. The molecule has 0 amide bonds. The van der Waals surface area contributed by atoms with Gasteiger partial charge in [0.1, 0.15) is 24.3 Å². The number of H-pyrrole nitrogens is 1. The van der Waals surface area contributed by atoms with Gasteiger partial charge >= 0.3 is 0 Å². The highest BCUT2D eigenvalue weighted by Crippen LogP contribution is 2.16. The third-order valence-corrected chi connectivity index (χ3v) is 2.59. The van der Waals surface area contributed by atoms with E-state index in [4.69, 9.17) is 0 Å². The van der Waals surface area contributed by atoms with Crippen LogP contribution in [0.1, 0.15) is 24.5 Å². The molecule has 0 spiro atoms. The Labute approximate surface area is 102 Å². The topological polar surface area (TPSA) is 96.7 Å². The zero-order valence-corrected chi connectivity index (χ0v) is 9.99. The van der Waals surface area contributed by atoms with Crippen LogP contribution in [0.4, 0.5) is 5.82 Å². The van der Waals surface area contributed by atoms with Crippen molar-refractivity contribution in [2.24, 2.45) is 0 Å². The van der Waals surface area contributed by atoms with Gasteiger partial charge in [0.2, 0.25) is 0 Å². The Hall–Kier alpha value is -2.51. The van der Waals surface area contributed by atoms with Gasteiger partial charge in [-0.1, -0.05) is 0 Å². The van der Waals surface area contributed by atoms with E-state index in [0.717, 1.165) is 17.3 Å². The predicted molar refractivity (Wildman–Crippen MR) is 63.9 cm³/mol. The molecule has 0 aliphatic rings. The SMILES string of the molecule is Cc1cc(NC(C)c2ncn[nH]2)n2ncnc2n1. The van der Waals surface area contributed by atoms with Crippen LogP contribution >= 0.6 is 0 Å². The van der Waals surface area contributed by atoms with Gasteiger partial charge in [-0.3, -0.25) is 5.10 Å². The van der Waals surface area contributed by atoms with Crippen LogP contribution in [0.25, 0.3) is 5.78 Å². The number of aryl methyl sites for hydroxylation is 1. The van der Waals surface area contributed by atoms with Crippen molar-refractivity contribution >= 4 is 11.6 Å². The molecule has 0 radical (unpaired) electrons. The summed E-state index contributed by atoms with van der Waals surface area (Å²) < 4.78 is 1.65. The number of nitrogens with one attached hydrogen (secondary N) is 2. The van der Waals surface area contributed by atoms with Crippen LogP contribution < -0.4 is 5.32 Å². The van der Waals surface area contributed by atoms with Crippen LogP contribution in [0.5, 0.6) is 0 Å². The van der Waals surface area contributed by atoms with Gasteiger partial charge in [0.15, 0.2) is 0 Å². The summed E-state index contributed by atoms with van der Waals surface area (Å²) in [5.74, 6) is 2.15. The first-order valence-electron chi connectivity index (χ1n) is 5.53. The summed E-state index contributed by atoms with van der Waals surface area (Å²) in [5, 5.41) is 14.1. The van der Waals surface area contributed by atoms with E-state index in [9.17, 15) is 0 Å². The van der Waals surface area contributed by atoms with Gasteiger partial charge in [0, 0.05) is 11.8 Å². The second-order valence-electron chi connectivity index (χ2n) is 3.99. The van der Waals surface area contributed by atoms with E-state index in [2.05, 4.69) is 35.6 Å². The highest BCUT2D eigenvalue weighted by Gasteiger charge is 2.11. The maximum absolute atomic E-state index is 4.28. The first-order valence-corrected chi connectivity index (χ1v) is 5.53. The summed E-state index contributed by atoms with van der Waals surface area (Å²) in [6.07, 6.45) is 2.96. The number of fused-ring (bicyclic) bond motifs is 1. The first-order chi connectivity index (χ1) is 8.74. The second-order valence-corrected chi connectivity index (χ2v) is 3.99. The van der Waals surface area contributed by atoms with Gasteiger partial charge in [0.05, 0.1) is 6.04 Å². The number of hydrogen-bond acceptors (Lipinski definition) is 6. The molecule has 0 aliphatic heterocycles. The van der Waals surface area contributed by atoms with Crippen molar-refractivity contribution < 1.29 is 0 Å². The van der Waals surface area contributed by atoms with Crippen LogP contribution in [-0.4, -0.2) is 34.8 Å². The lowest BCUT2D eigenvalue weighted by Gasteiger charge is -2.13. The van der Waals surface area contributed by atoms with Gasteiger partial charge in [-0.2, -0.15) is 19.7 Å². The molecule has 0 bridgehead atoms. The third-order valence-electron chi connectivity index (χ3n) is 2.59. The molecule has 3 aromatic heterocycles. The normalized spacial score (nSPS) is 12.8. The molecular formula is C10H12N8. The molecule has 0 fully saturated rings. The maximum Gasteiger partial charge on any atom is 0.254 e. The third kappa shape index (κ3) is 1.77. The molecular weight excluding hydrogens is 232 g/mol. The van der Waals surface area contributed by atoms with E-state index < -0.39 is 0 Å². The van der Waals surface area contributed by atoms with Gasteiger partial charge < -0.3 is 5.32 Å². The Morgan fingerprint density at radius 1 is 1.33 bits per heavy atom. The van der Waals surface area contributed by atoms with Crippen LogP contribution in [0, 0.1) is 6.92 Å². The number of nitrogens with zero attached hydrogens (tertiary/aromatic N) is 6. The molecule has 3 aromatic rings. The molecule has 3 heterocycles. The van der Waals surface area contributed by atoms with E-state index in [1.54, 1.807) is 4.52 Å². The lowest BCUT2D eigenvalue weighted by molar-refractivity contribution is 0.775. The van der Waals surface area contributed by atoms with Crippen molar-refractivity contribution in [3.63, 3.8) is 0 Å². The van der Waals surface area contributed by atoms with Gasteiger partial charge in [-0.25, -0.2) is 9.97 Å². The molecule has 1 atom stereocenters. The highest BCUT2D eigenvalue weighted by molar-refractivity contribution is 5.45. The minimum atomic E-state index is -0.0123. The molecule has 0 saturated carbocycles. The number of aromatic amines is 1. The van der Waals surface area contributed by atoms with Crippen molar-refractivity contribution in [3.05, 3.63) is 30.2 Å². The van der Waals surface area contributed by atoms with E-state index >= 15 is 0 Å². The number of rotatable bonds is 3. The minimum absolute atomic E-state index is 0.0123. The Morgan fingerprint density at radius 2 is 2.22 bits per heavy atom. The largest absolute Gasteiger partial charge is 0.360 e. The Balaban J connectivity index is 1.97. The monoisotopic (exact) mass is 244 g/mol. The van der Waals surface area contributed by atoms with E-state index in [1.165, 1.54) is 12.7 Å². The van der Waals surface area contributed by atoms with Crippen molar-refractivity contribution in [1.29, 1.82) is 0 Å². The van der Waals surface area contributed by atoms with Gasteiger partial charge in [-0.05, 0) is 13.8 Å². The summed E-state index contributed by atoms with van der Waals surface area (Å²) in [4.78, 5) is 12.5. The molecule has 92 valence electrons. The van der Waals surface area contributed by atoms with E-state index in [-0.39, 0.29) is 6.04 Å². The summed E-state index contributed by atoms with van der Waals surface area (Å²) in [5.41, 5.74) is 0.878. The fraction of sp³-hybridized carbons (Fsp3) is 0.300. The zero-order chi connectivity index (χ0) is 12.5. The zero-order valence-electron chi connectivity index (χ0n) is 9.99. The van der Waals surface area contributed by atoms with E-state index in [0.29, 0.717) is 5.78 Å². The van der Waals surface area contributed by atoms with Crippen LogP contribution in [0.2, 0.25) is 0 Å². The maximum atomic E-state index is 4.28. The van der Waals surface area contributed by atoms with Crippen LogP contribution in [0.3, 0.4) is 0 Å². The average Bonchev–Trinajstić information content (AvgIpc) is 2.98. The first kappa shape index (κ1) is 10.6. The van der Waals surface area contributed by atoms with Crippen molar-refractivity contribution in [2.45, 2.75) is 19.9 Å². The summed E-state index contributed by atoms with van der Waals surface area (Å²) >= 11 is 0. The molecule has 8 heteroatoms. The summed E-state index contributed by atoms with van der Waals surface area (Å²) in [6.45, 7) is 3.90. The van der Waals surface area contributed by atoms with Crippen LogP contribution in [0.15, 0.2) is 18.7 Å². The van der Waals surface area contributed by atoms with Gasteiger partial charge in [0.25, 0.3) is 5.78 Å². The number of anilines is 1. The standard InChI is InChI=1S/C10H12N8/c1-6-3-8(18-10(15-6)12-5-14-18)16-7(2)9-11-4-13-17-9/h3-5,7,16H,1-2H3,(H,11,13,17). The molecule has 8 nitrogen and oxygen atoms in total. The van der Waals surface area contributed by atoms with Crippen molar-refractivity contribution in [3.8, 4) is 0 Å². The quantitative estimate of drug-likeness (QED) is 0.704. The van der Waals surface area contributed by atoms with Crippen LogP contribution in [-0.2, 0) is 0 Å². The number of aromatic nitrogens is 7. The fourth-order valence-corrected chi connectivity index (χ4v) is 1.75. The van der Waals surface area contributed by atoms with E-state index in [1.807, 2.05) is 19.9 Å². The minimum Gasteiger partial charge on any atom is -0.360 e. The Morgan fingerprint density at radius 3 is 3.00 bits per heavy atom. The lowest BCUT2D eigenvalue weighted by atomic mass is 10.3. The van der Waals surface area contributed by atoms with Crippen molar-refractivity contribution in [2.75, 3.05) is 5.32 Å². The molecule has 2 N–H and O–H groups in total. The van der Waals surface area contributed by atoms with Gasteiger partial charge in [-0.15, -0.1) is 0 Å². The summed E-state index contributed by atoms with van der Waals surface area (Å²) in [6, 6.07) is 1.90. The summed E-state index contributed by atoms with van der Waals surface area (Å²) in [7, 11) is 0. The lowest BCUT2D eigenvalue weighted by Crippen LogP contribution is -2.12. The smallest absolute Gasteiger partial charge is 0.254 e. The molecule has 3 rings (SSSR count). The predicted octanol–water partition coefficient (Wildman–Crippen LogP) is 0.724. The molecule has 18 heavy (non-hydrogen) atoms. The van der Waals surface area contributed by atoms with Crippen molar-refractivity contribution in [1.82, 2.24) is 34.8 Å². The molecule has 0 saturated heterocycles. The average molecular weight is 244 g/mol. The molecule has 0 aliphatic carbocycles. The fourth-order valence-electron chi connectivity index (χ4n) is 1.75.